The average Bonchev–Trinajstić information content (AvgIpc) is 3.23. The second-order valence-corrected chi connectivity index (χ2v) is 7.42. The Hall–Kier alpha value is -3.29. The van der Waals surface area contributed by atoms with E-state index in [0.717, 1.165) is 36.3 Å². The quantitative estimate of drug-likeness (QED) is 0.677. The van der Waals surface area contributed by atoms with E-state index in [4.69, 9.17) is 9.47 Å². The summed E-state index contributed by atoms with van der Waals surface area (Å²) in [4.78, 5) is 14.4. The molecule has 0 aliphatic carbocycles. The number of carbonyl (C=O) groups excluding carboxylic acids is 1. The van der Waals surface area contributed by atoms with Crippen LogP contribution in [0.2, 0.25) is 0 Å². The van der Waals surface area contributed by atoms with E-state index in [1.807, 2.05) is 51.9 Å². The van der Waals surface area contributed by atoms with Gasteiger partial charge in [-0.25, -0.2) is 4.79 Å². The molecule has 158 valence electrons. The summed E-state index contributed by atoms with van der Waals surface area (Å²) in [5.74, 6) is 2.70. The maximum absolute atomic E-state index is 12.6. The standard InChI is InChI=1S/C22H27N5O3/c1-29-18-7-6-16(15-19(18)30-2)8-11-23-22(28)26-13-9-17(10-14-26)21-25-24-20-5-3-4-12-27(20)21/h3-7,12,15,17H,8-11,13-14H2,1-2H3,(H,23,28). The van der Waals surface area contributed by atoms with E-state index >= 15 is 0 Å². The number of benzene rings is 1. The first kappa shape index (κ1) is 20.0. The van der Waals surface area contributed by atoms with Gasteiger partial charge in [-0.15, -0.1) is 10.2 Å². The van der Waals surface area contributed by atoms with Crippen LogP contribution >= 0.6 is 0 Å². The first-order chi connectivity index (χ1) is 14.7. The van der Waals surface area contributed by atoms with Crippen LogP contribution in [0.3, 0.4) is 0 Å². The van der Waals surface area contributed by atoms with E-state index in [0.29, 0.717) is 37.1 Å². The Kier molecular flexibility index (Phi) is 6.02. The molecule has 1 N–H and O–H groups in total. The summed E-state index contributed by atoms with van der Waals surface area (Å²) in [5, 5.41) is 11.6. The Morgan fingerprint density at radius 3 is 2.67 bits per heavy atom. The van der Waals surface area contributed by atoms with Crippen molar-refractivity contribution in [2.75, 3.05) is 33.9 Å². The highest BCUT2D eigenvalue weighted by Gasteiger charge is 2.26. The number of piperidine rings is 1. The summed E-state index contributed by atoms with van der Waals surface area (Å²) in [6.45, 7) is 2.01. The van der Waals surface area contributed by atoms with Gasteiger partial charge in [0.25, 0.3) is 0 Å². The minimum absolute atomic E-state index is 0.0139. The number of amides is 2. The molecule has 1 saturated heterocycles. The number of rotatable bonds is 6. The topological polar surface area (TPSA) is 81.0 Å². The SMILES string of the molecule is COc1ccc(CCNC(=O)N2CCC(c3nnc4ccccn34)CC2)cc1OC. The van der Waals surface area contributed by atoms with Crippen LogP contribution in [0, 0.1) is 0 Å². The van der Waals surface area contributed by atoms with Gasteiger partial charge in [0.2, 0.25) is 0 Å². The van der Waals surface area contributed by atoms with E-state index in [-0.39, 0.29) is 6.03 Å². The number of nitrogens with one attached hydrogen (secondary N) is 1. The number of aromatic nitrogens is 3. The minimum Gasteiger partial charge on any atom is -0.493 e. The molecule has 8 heteroatoms. The lowest BCUT2D eigenvalue weighted by Crippen LogP contribution is -2.44. The predicted octanol–water partition coefficient (Wildman–Crippen LogP) is 2.88. The second kappa shape index (κ2) is 9.02. The summed E-state index contributed by atoms with van der Waals surface area (Å²) in [6.07, 6.45) is 4.50. The van der Waals surface area contributed by atoms with Crippen molar-refractivity contribution in [1.82, 2.24) is 24.8 Å². The third-order valence-electron chi connectivity index (χ3n) is 5.63. The third kappa shape index (κ3) is 4.17. The minimum atomic E-state index is -0.0139. The normalized spacial score (nSPS) is 14.7. The number of hydrogen-bond acceptors (Lipinski definition) is 5. The molecule has 3 heterocycles. The lowest BCUT2D eigenvalue weighted by Gasteiger charge is -2.31. The van der Waals surface area contributed by atoms with Crippen molar-refractivity contribution in [2.24, 2.45) is 0 Å². The van der Waals surface area contributed by atoms with Gasteiger partial charge in [0.05, 0.1) is 14.2 Å². The number of fused-ring (bicyclic) bond motifs is 1. The van der Waals surface area contributed by atoms with Crippen molar-refractivity contribution in [3.05, 3.63) is 54.0 Å². The summed E-state index contributed by atoms with van der Waals surface area (Å²) in [7, 11) is 3.24. The molecule has 1 aromatic carbocycles. The molecule has 4 rings (SSSR count). The van der Waals surface area contributed by atoms with Gasteiger partial charge in [-0.2, -0.15) is 0 Å². The third-order valence-corrected chi connectivity index (χ3v) is 5.63. The van der Waals surface area contributed by atoms with Crippen molar-refractivity contribution in [2.45, 2.75) is 25.2 Å². The van der Waals surface area contributed by atoms with Gasteiger partial charge < -0.3 is 19.7 Å². The zero-order valence-electron chi connectivity index (χ0n) is 17.4. The largest absolute Gasteiger partial charge is 0.493 e. The smallest absolute Gasteiger partial charge is 0.317 e. The van der Waals surface area contributed by atoms with Crippen LogP contribution in [-0.4, -0.2) is 59.4 Å². The zero-order chi connectivity index (χ0) is 20.9. The number of ether oxygens (including phenoxy) is 2. The number of likely N-dealkylation sites (tertiary alicyclic amines) is 1. The molecular formula is C22H27N5O3. The average molecular weight is 409 g/mol. The van der Waals surface area contributed by atoms with Gasteiger partial charge in [-0.1, -0.05) is 12.1 Å². The maximum atomic E-state index is 12.6. The fourth-order valence-electron chi connectivity index (χ4n) is 3.94. The van der Waals surface area contributed by atoms with E-state index < -0.39 is 0 Å². The molecule has 0 spiro atoms. The van der Waals surface area contributed by atoms with E-state index in [1.54, 1.807) is 14.2 Å². The van der Waals surface area contributed by atoms with Gasteiger partial charge in [-0.3, -0.25) is 4.40 Å². The molecule has 2 aromatic heterocycles. The molecular weight excluding hydrogens is 382 g/mol. The van der Waals surface area contributed by atoms with Crippen LogP contribution < -0.4 is 14.8 Å². The maximum Gasteiger partial charge on any atom is 0.317 e. The highest BCUT2D eigenvalue weighted by Crippen LogP contribution is 2.28. The molecule has 0 atom stereocenters. The Morgan fingerprint density at radius 1 is 1.10 bits per heavy atom. The number of nitrogens with zero attached hydrogens (tertiary/aromatic N) is 4. The first-order valence-electron chi connectivity index (χ1n) is 10.2. The predicted molar refractivity (Wildman–Crippen MR) is 113 cm³/mol. The molecule has 1 aliphatic heterocycles. The van der Waals surface area contributed by atoms with Crippen molar-refractivity contribution < 1.29 is 14.3 Å². The summed E-state index contributed by atoms with van der Waals surface area (Å²) < 4.78 is 12.6. The van der Waals surface area contributed by atoms with Gasteiger partial charge >= 0.3 is 6.03 Å². The van der Waals surface area contributed by atoms with Crippen molar-refractivity contribution >= 4 is 11.7 Å². The number of methoxy groups -OCH3 is 2. The second-order valence-electron chi connectivity index (χ2n) is 7.42. The highest BCUT2D eigenvalue weighted by molar-refractivity contribution is 5.74. The lowest BCUT2D eigenvalue weighted by molar-refractivity contribution is 0.180. The van der Waals surface area contributed by atoms with Gasteiger partial charge in [-0.05, 0) is 49.1 Å². The molecule has 0 saturated carbocycles. The van der Waals surface area contributed by atoms with Crippen LogP contribution in [0.1, 0.15) is 30.1 Å². The van der Waals surface area contributed by atoms with Crippen LogP contribution in [-0.2, 0) is 6.42 Å². The number of carbonyl (C=O) groups is 1. The van der Waals surface area contributed by atoms with Crippen LogP contribution in [0.4, 0.5) is 4.79 Å². The van der Waals surface area contributed by atoms with Crippen molar-refractivity contribution in [1.29, 1.82) is 0 Å². The summed E-state index contributed by atoms with van der Waals surface area (Å²) >= 11 is 0. The molecule has 3 aromatic rings. The summed E-state index contributed by atoms with van der Waals surface area (Å²) in [6, 6.07) is 11.7. The molecule has 30 heavy (non-hydrogen) atoms. The Labute approximate surface area is 175 Å². The lowest BCUT2D eigenvalue weighted by atomic mass is 9.96. The van der Waals surface area contributed by atoms with Crippen LogP contribution in [0.25, 0.3) is 5.65 Å². The molecule has 0 radical (unpaired) electrons. The first-order valence-corrected chi connectivity index (χ1v) is 10.2. The molecule has 0 unspecified atom stereocenters. The zero-order valence-corrected chi connectivity index (χ0v) is 17.4. The van der Waals surface area contributed by atoms with Crippen LogP contribution in [0.5, 0.6) is 11.5 Å². The Balaban J connectivity index is 1.27. The van der Waals surface area contributed by atoms with E-state index in [2.05, 4.69) is 15.5 Å². The fourth-order valence-corrected chi connectivity index (χ4v) is 3.94. The fraction of sp³-hybridized carbons (Fsp3) is 0.409. The molecule has 1 aliphatic rings. The Morgan fingerprint density at radius 2 is 1.90 bits per heavy atom. The van der Waals surface area contributed by atoms with E-state index in [9.17, 15) is 4.79 Å². The van der Waals surface area contributed by atoms with Gasteiger partial charge in [0.15, 0.2) is 17.1 Å². The van der Waals surface area contributed by atoms with Gasteiger partial charge in [0.1, 0.15) is 5.82 Å². The Bertz CT molecular complexity index is 1010. The highest BCUT2D eigenvalue weighted by atomic mass is 16.5. The van der Waals surface area contributed by atoms with Crippen LogP contribution in [0.15, 0.2) is 42.6 Å². The molecule has 1 fully saturated rings. The number of hydrogen-bond donors (Lipinski definition) is 1. The van der Waals surface area contributed by atoms with E-state index in [1.165, 1.54) is 0 Å². The van der Waals surface area contributed by atoms with Crippen molar-refractivity contribution in [3.8, 4) is 11.5 Å². The monoisotopic (exact) mass is 409 g/mol. The van der Waals surface area contributed by atoms with Crippen molar-refractivity contribution in [3.63, 3.8) is 0 Å². The number of urea groups is 1. The number of pyridine rings is 1. The molecule has 0 bridgehead atoms. The molecule has 8 nitrogen and oxygen atoms in total. The molecule has 2 amide bonds. The summed E-state index contributed by atoms with van der Waals surface area (Å²) in [5.41, 5.74) is 1.95. The van der Waals surface area contributed by atoms with Gasteiger partial charge in [0, 0.05) is 31.7 Å².